The highest BCUT2D eigenvalue weighted by molar-refractivity contribution is 6.15. The average molecular weight is 691 g/mol. The van der Waals surface area contributed by atoms with Gasteiger partial charge in [0.25, 0.3) is 0 Å². The van der Waals surface area contributed by atoms with E-state index in [1.165, 1.54) is 21.5 Å². The van der Waals surface area contributed by atoms with Gasteiger partial charge in [0.2, 0.25) is 0 Å². The molecule has 0 spiro atoms. The maximum Gasteiger partial charge on any atom is 0.167 e. The number of rotatable bonds is 5. The smallest absolute Gasteiger partial charge is 0.167 e. The fraction of sp³-hybridized carbons (Fsp3) is 0. The first-order valence-corrected chi connectivity index (χ1v) is 18.1. The monoisotopic (exact) mass is 690 g/mol. The molecule has 0 N–H and O–H groups in total. The van der Waals surface area contributed by atoms with E-state index in [9.17, 15) is 0 Å². The summed E-state index contributed by atoms with van der Waals surface area (Å²) in [7, 11) is 0. The van der Waals surface area contributed by atoms with E-state index in [2.05, 4.69) is 138 Å². The Morgan fingerprint density at radius 3 is 1.80 bits per heavy atom. The van der Waals surface area contributed by atoms with Crippen LogP contribution in [0, 0.1) is 0 Å². The fourth-order valence-corrected chi connectivity index (χ4v) is 7.85. The number of fused-ring (bicyclic) bond motifs is 7. The highest BCUT2D eigenvalue weighted by Crippen LogP contribution is 2.41. The third kappa shape index (κ3) is 4.90. The molecule has 0 amide bonds. The van der Waals surface area contributed by atoms with E-state index in [0.717, 1.165) is 66.5 Å². The number of hydrogen-bond acceptors (Lipinski definition) is 4. The minimum absolute atomic E-state index is 0.543. The van der Waals surface area contributed by atoms with Crippen LogP contribution in [0.25, 0.3) is 105 Å². The molecule has 3 heterocycles. The number of nitrogens with zero attached hydrogens (tertiary/aromatic N) is 4. The van der Waals surface area contributed by atoms with Crippen LogP contribution >= 0.6 is 0 Å². The van der Waals surface area contributed by atoms with Gasteiger partial charge in [-0.3, -0.25) is 0 Å². The van der Waals surface area contributed by atoms with E-state index in [1.807, 2.05) is 48.5 Å². The Balaban J connectivity index is 1.21. The van der Waals surface area contributed by atoms with Crippen LogP contribution in [-0.2, 0) is 0 Å². The Kier molecular flexibility index (Phi) is 6.79. The van der Waals surface area contributed by atoms with Crippen LogP contribution in [0.5, 0.6) is 0 Å². The van der Waals surface area contributed by atoms with Crippen molar-refractivity contribution in [2.75, 3.05) is 0 Å². The summed E-state index contributed by atoms with van der Waals surface area (Å²) in [4.78, 5) is 15.5. The quantitative estimate of drug-likeness (QED) is 0.180. The lowest BCUT2D eigenvalue weighted by Gasteiger charge is -2.13. The minimum atomic E-state index is 0.543. The summed E-state index contributed by atoms with van der Waals surface area (Å²) in [5.41, 5.74) is 9.64. The molecule has 0 fully saturated rings. The lowest BCUT2D eigenvalue weighted by molar-refractivity contribution is 0.669. The number of benzene rings is 8. The number of para-hydroxylation sites is 2. The molecule has 0 radical (unpaired) electrons. The molecule has 0 saturated heterocycles. The lowest BCUT2D eigenvalue weighted by Crippen LogP contribution is -2.01. The Morgan fingerprint density at radius 2 is 0.981 bits per heavy atom. The largest absolute Gasteiger partial charge is 0.455 e. The minimum Gasteiger partial charge on any atom is -0.455 e. The summed E-state index contributed by atoms with van der Waals surface area (Å²) in [5, 5.41) is 6.84. The van der Waals surface area contributed by atoms with Gasteiger partial charge < -0.3 is 8.98 Å². The van der Waals surface area contributed by atoms with Crippen molar-refractivity contribution in [3.63, 3.8) is 0 Å². The topological polar surface area (TPSA) is 56.7 Å². The SMILES string of the molecule is c1ccc(-c2cccc(-c3nc(-c4ccccc4)nc(-c4cc(-n5c6ccccc6c6cc7ccccc7cc65)cc5c4oc4ccccc45)n3)c2)cc1. The predicted octanol–water partition coefficient (Wildman–Crippen LogP) is 12.7. The molecule has 5 nitrogen and oxygen atoms in total. The Bertz CT molecular complexity index is 3220. The number of furan rings is 1. The third-order valence-corrected chi connectivity index (χ3v) is 10.4. The molecule has 0 atom stereocenters. The van der Waals surface area contributed by atoms with Gasteiger partial charge in [-0.1, -0.05) is 140 Å². The van der Waals surface area contributed by atoms with Gasteiger partial charge in [-0.05, 0) is 64.4 Å². The first-order valence-electron chi connectivity index (χ1n) is 18.1. The predicted molar refractivity (Wildman–Crippen MR) is 221 cm³/mol. The zero-order valence-corrected chi connectivity index (χ0v) is 29.0. The maximum absolute atomic E-state index is 6.70. The van der Waals surface area contributed by atoms with Gasteiger partial charge in [0.1, 0.15) is 11.2 Å². The second kappa shape index (κ2) is 12.1. The number of hydrogen-bond donors (Lipinski definition) is 0. The van der Waals surface area contributed by atoms with Gasteiger partial charge in [0.05, 0.1) is 16.6 Å². The van der Waals surface area contributed by atoms with Crippen molar-refractivity contribution in [2.45, 2.75) is 0 Å². The zero-order valence-electron chi connectivity index (χ0n) is 29.0. The Labute approximate surface area is 310 Å². The molecule has 11 aromatic rings. The van der Waals surface area contributed by atoms with Crippen LogP contribution in [0.15, 0.2) is 186 Å². The van der Waals surface area contributed by atoms with Crippen LogP contribution in [-0.4, -0.2) is 19.5 Å². The van der Waals surface area contributed by atoms with Crippen LogP contribution in [0.3, 0.4) is 0 Å². The van der Waals surface area contributed by atoms with E-state index < -0.39 is 0 Å². The van der Waals surface area contributed by atoms with Gasteiger partial charge in [0.15, 0.2) is 17.5 Å². The van der Waals surface area contributed by atoms with Crippen LogP contribution < -0.4 is 0 Å². The van der Waals surface area contributed by atoms with Crippen molar-refractivity contribution in [3.05, 3.63) is 182 Å². The lowest BCUT2D eigenvalue weighted by atomic mass is 10.0. The summed E-state index contributed by atoms with van der Waals surface area (Å²) in [5.74, 6) is 1.73. The van der Waals surface area contributed by atoms with Gasteiger partial charge >= 0.3 is 0 Å². The van der Waals surface area contributed by atoms with Crippen LogP contribution in [0.4, 0.5) is 0 Å². The molecule has 252 valence electrons. The van der Waals surface area contributed by atoms with Gasteiger partial charge in [-0.15, -0.1) is 0 Å². The third-order valence-electron chi connectivity index (χ3n) is 10.4. The van der Waals surface area contributed by atoms with Crippen molar-refractivity contribution in [3.8, 4) is 51.0 Å². The summed E-state index contributed by atoms with van der Waals surface area (Å²) in [6.07, 6.45) is 0. The second-order valence-corrected chi connectivity index (χ2v) is 13.7. The molecular weight excluding hydrogens is 661 g/mol. The zero-order chi connectivity index (χ0) is 35.6. The fourth-order valence-electron chi connectivity index (χ4n) is 7.85. The molecule has 0 aliphatic rings. The van der Waals surface area contributed by atoms with Crippen LogP contribution in [0.1, 0.15) is 0 Å². The van der Waals surface area contributed by atoms with E-state index in [4.69, 9.17) is 19.4 Å². The van der Waals surface area contributed by atoms with E-state index in [0.29, 0.717) is 17.5 Å². The Hall–Kier alpha value is -7.37. The summed E-state index contributed by atoms with van der Waals surface area (Å²) in [6.45, 7) is 0. The highest BCUT2D eigenvalue weighted by Gasteiger charge is 2.22. The molecule has 0 aliphatic heterocycles. The summed E-state index contributed by atoms with van der Waals surface area (Å²) < 4.78 is 9.07. The van der Waals surface area contributed by atoms with Gasteiger partial charge in [0, 0.05) is 38.4 Å². The molecule has 11 rings (SSSR count). The second-order valence-electron chi connectivity index (χ2n) is 13.7. The van der Waals surface area contributed by atoms with Gasteiger partial charge in [-0.2, -0.15) is 0 Å². The van der Waals surface area contributed by atoms with Crippen molar-refractivity contribution >= 4 is 54.5 Å². The normalized spacial score (nSPS) is 11.7. The molecule has 0 saturated carbocycles. The molecule has 54 heavy (non-hydrogen) atoms. The number of aromatic nitrogens is 4. The van der Waals surface area contributed by atoms with Crippen molar-refractivity contribution in [2.24, 2.45) is 0 Å². The maximum atomic E-state index is 6.70. The van der Waals surface area contributed by atoms with Crippen LogP contribution in [0.2, 0.25) is 0 Å². The molecule has 8 aromatic carbocycles. The molecular formula is C49H30N4O. The van der Waals surface area contributed by atoms with Crippen molar-refractivity contribution in [1.29, 1.82) is 0 Å². The Morgan fingerprint density at radius 1 is 0.370 bits per heavy atom. The molecule has 0 unspecified atom stereocenters. The first-order chi connectivity index (χ1) is 26.7. The standard InChI is InChI=1S/C49H30N4O/c1-3-14-31(15-4-1)33-20-13-21-36(26-33)48-50-47(32-16-5-2-6-17-32)51-49(52-48)42-30-37(29-41-39-23-10-12-25-45(39)54-46(41)42)53-43-24-11-9-22-38(43)40-27-34-18-7-8-19-35(34)28-44(40)53/h1-30H. The summed E-state index contributed by atoms with van der Waals surface area (Å²) >= 11 is 0. The molecule has 5 heteroatoms. The average Bonchev–Trinajstić information content (AvgIpc) is 3.78. The first kappa shape index (κ1) is 30.3. The molecule has 0 aliphatic carbocycles. The molecule has 0 bridgehead atoms. The molecule has 3 aromatic heterocycles. The highest BCUT2D eigenvalue weighted by atomic mass is 16.3. The van der Waals surface area contributed by atoms with E-state index >= 15 is 0 Å². The van der Waals surface area contributed by atoms with E-state index in [1.54, 1.807) is 0 Å². The van der Waals surface area contributed by atoms with Crippen molar-refractivity contribution in [1.82, 2.24) is 19.5 Å². The van der Waals surface area contributed by atoms with Gasteiger partial charge in [-0.25, -0.2) is 15.0 Å². The van der Waals surface area contributed by atoms with Crippen molar-refractivity contribution < 1.29 is 4.42 Å². The van der Waals surface area contributed by atoms with E-state index in [-0.39, 0.29) is 0 Å². The summed E-state index contributed by atoms with van der Waals surface area (Å²) in [6, 6.07) is 63.3.